The lowest BCUT2D eigenvalue weighted by Gasteiger charge is -2.17. The lowest BCUT2D eigenvalue weighted by Crippen LogP contribution is -2.22. The second-order valence-corrected chi connectivity index (χ2v) is 5.67. The quantitative estimate of drug-likeness (QED) is 0.876. The first-order chi connectivity index (χ1) is 9.36. The molecule has 1 aliphatic carbocycles. The largest absolute Gasteiger partial charge is 0.472 e. The van der Waals surface area contributed by atoms with Crippen molar-refractivity contribution in [3.63, 3.8) is 0 Å². The van der Waals surface area contributed by atoms with E-state index in [0.29, 0.717) is 11.2 Å². The van der Waals surface area contributed by atoms with Gasteiger partial charge in [-0.15, -0.1) is 10.2 Å². The summed E-state index contributed by atoms with van der Waals surface area (Å²) in [6.07, 6.45) is 6.28. The zero-order valence-electron chi connectivity index (χ0n) is 10.7. The molecule has 1 N–H and O–H groups in total. The SMILES string of the molecule is COc1nnc(CNC(c2ccncc2)C2CC2)s1. The molecule has 100 valence electrons. The van der Waals surface area contributed by atoms with Gasteiger partial charge < -0.3 is 10.1 Å². The van der Waals surface area contributed by atoms with Gasteiger partial charge in [-0.1, -0.05) is 11.3 Å². The molecule has 0 saturated heterocycles. The van der Waals surface area contributed by atoms with E-state index in [1.165, 1.54) is 29.7 Å². The van der Waals surface area contributed by atoms with Gasteiger partial charge in [0.05, 0.1) is 13.7 Å². The van der Waals surface area contributed by atoms with Crippen molar-refractivity contribution in [2.75, 3.05) is 7.11 Å². The lowest BCUT2D eigenvalue weighted by molar-refractivity contribution is 0.407. The van der Waals surface area contributed by atoms with Crippen molar-refractivity contribution in [2.45, 2.75) is 25.4 Å². The van der Waals surface area contributed by atoms with E-state index >= 15 is 0 Å². The van der Waals surface area contributed by atoms with Gasteiger partial charge >= 0.3 is 0 Å². The highest BCUT2D eigenvalue weighted by Gasteiger charge is 2.32. The molecule has 0 radical (unpaired) electrons. The van der Waals surface area contributed by atoms with E-state index in [-0.39, 0.29) is 0 Å². The number of pyridine rings is 1. The molecule has 1 saturated carbocycles. The van der Waals surface area contributed by atoms with Crippen LogP contribution < -0.4 is 10.1 Å². The molecule has 0 bridgehead atoms. The van der Waals surface area contributed by atoms with Gasteiger partial charge in [0.2, 0.25) is 0 Å². The molecule has 2 aromatic rings. The van der Waals surface area contributed by atoms with E-state index in [0.717, 1.165) is 17.5 Å². The highest BCUT2D eigenvalue weighted by molar-refractivity contribution is 7.13. The molecule has 1 aliphatic rings. The summed E-state index contributed by atoms with van der Waals surface area (Å²) in [4.78, 5) is 4.08. The minimum absolute atomic E-state index is 0.387. The maximum atomic E-state index is 5.05. The van der Waals surface area contributed by atoms with E-state index < -0.39 is 0 Å². The van der Waals surface area contributed by atoms with Crippen molar-refractivity contribution < 1.29 is 4.74 Å². The van der Waals surface area contributed by atoms with Crippen LogP contribution in [0.15, 0.2) is 24.5 Å². The minimum atomic E-state index is 0.387. The monoisotopic (exact) mass is 276 g/mol. The van der Waals surface area contributed by atoms with Gasteiger partial charge in [0.25, 0.3) is 5.19 Å². The average molecular weight is 276 g/mol. The van der Waals surface area contributed by atoms with E-state index in [4.69, 9.17) is 4.74 Å². The van der Waals surface area contributed by atoms with Gasteiger partial charge in [0.1, 0.15) is 5.01 Å². The lowest BCUT2D eigenvalue weighted by atomic mass is 10.0. The Balaban J connectivity index is 1.65. The van der Waals surface area contributed by atoms with Crippen LogP contribution in [-0.2, 0) is 6.54 Å². The van der Waals surface area contributed by atoms with Gasteiger partial charge in [0.15, 0.2) is 0 Å². The van der Waals surface area contributed by atoms with Crippen molar-refractivity contribution in [2.24, 2.45) is 5.92 Å². The molecule has 0 aliphatic heterocycles. The number of nitrogens with one attached hydrogen (secondary N) is 1. The van der Waals surface area contributed by atoms with Crippen molar-refractivity contribution in [3.05, 3.63) is 35.1 Å². The van der Waals surface area contributed by atoms with Crippen LogP contribution in [0.4, 0.5) is 0 Å². The number of methoxy groups -OCH3 is 1. The molecule has 2 heterocycles. The fourth-order valence-corrected chi connectivity index (χ4v) is 2.75. The molecule has 0 aromatic carbocycles. The van der Waals surface area contributed by atoms with Crippen LogP contribution in [0.1, 0.15) is 29.5 Å². The fraction of sp³-hybridized carbons (Fsp3) is 0.462. The molecule has 0 spiro atoms. The Morgan fingerprint density at radius 1 is 1.37 bits per heavy atom. The van der Waals surface area contributed by atoms with Crippen LogP contribution >= 0.6 is 11.3 Å². The van der Waals surface area contributed by atoms with Gasteiger partial charge in [0, 0.05) is 18.4 Å². The Hall–Kier alpha value is -1.53. The highest BCUT2D eigenvalue weighted by Crippen LogP contribution is 2.41. The van der Waals surface area contributed by atoms with Crippen LogP contribution in [0.5, 0.6) is 5.19 Å². The van der Waals surface area contributed by atoms with Gasteiger partial charge in [-0.3, -0.25) is 4.98 Å². The molecule has 1 unspecified atom stereocenters. The van der Waals surface area contributed by atoms with E-state index in [2.05, 4.69) is 32.6 Å². The van der Waals surface area contributed by atoms with Crippen LogP contribution in [0.25, 0.3) is 0 Å². The Bertz CT molecular complexity index is 526. The van der Waals surface area contributed by atoms with Gasteiger partial charge in [-0.05, 0) is 36.5 Å². The van der Waals surface area contributed by atoms with Crippen molar-refractivity contribution in [1.29, 1.82) is 0 Å². The van der Waals surface area contributed by atoms with Crippen molar-refractivity contribution >= 4 is 11.3 Å². The molecular weight excluding hydrogens is 260 g/mol. The number of hydrogen-bond acceptors (Lipinski definition) is 6. The zero-order chi connectivity index (χ0) is 13.1. The maximum Gasteiger partial charge on any atom is 0.293 e. The van der Waals surface area contributed by atoms with Crippen LogP contribution in [0.2, 0.25) is 0 Å². The average Bonchev–Trinajstić information content (AvgIpc) is 3.18. The second kappa shape index (κ2) is 5.63. The molecule has 1 atom stereocenters. The third kappa shape index (κ3) is 3.08. The first-order valence-corrected chi connectivity index (χ1v) is 7.18. The van der Waals surface area contributed by atoms with E-state index in [9.17, 15) is 0 Å². The molecular formula is C13H16N4OS. The summed E-state index contributed by atoms with van der Waals surface area (Å²) in [5, 5.41) is 13.2. The molecule has 2 aromatic heterocycles. The van der Waals surface area contributed by atoms with Crippen molar-refractivity contribution in [1.82, 2.24) is 20.5 Å². The van der Waals surface area contributed by atoms with Gasteiger partial charge in [-0.25, -0.2) is 0 Å². The Morgan fingerprint density at radius 2 is 2.16 bits per heavy atom. The topological polar surface area (TPSA) is 59.9 Å². The summed E-state index contributed by atoms with van der Waals surface area (Å²) < 4.78 is 5.05. The minimum Gasteiger partial charge on any atom is -0.472 e. The molecule has 19 heavy (non-hydrogen) atoms. The molecule has 6 heteroatoms. The fourth-order valence-electron chi connectivity index (χ4n) is 2.15. The first-order valence-electron chi connectivity index (χ1n) is 6.36. The Kier molecular flexibility index (Phi) is 3.70. The molecule has 3 rings (SSSR count). The van der Waals surface area contributed by atoms with Crippen molar-refractivity contribution in [3.8, 4) is 5.19 Å². The zero-order valence-corrected chi connectivity index (χ0v) is 11.6. The van der Waals surface area contributed by atoms with Gasteiger partial charge in [-0.2, -0.15) is 0 Å². The summed E-state index contributed by atoms with van der Waals surface area (Å²) in [5.41, 5.74) is 1.30. The summed E-state index contributed by atoms with van der Waals surface area (Å²) >= 11 is 1.48. The predicted molar refractivity (Wildman–Crippen MR) is 73.0 cm³/mol. The standard InChI is InChI=1S/C13H16N4OS/c1-18-13-17-16-11(19-13)8-15-12(9-2-3-9)10-4-6-14-7-5-10/h4-7,9,12,15H,2-3,8H2,1H3. The number of ether oxygens (including phenoxy) is 1. The Labute approximate surface area is 116 Å². The number of rotatable bonds is 6. The summed E-state index contributed by atoms with van der Waals surface area (Å²) in [6, 6.07) is 4.55. The van der Waals surface area contributed by atoms with Crippen LogP contribution in [-0.4, -0.2) is 22.3 Å². The maximum absolute atomic E-state index is 5.05. The van der Waals surface area contributed by atoms with Crippen LogP contribution in [0.3, 0.4) is 0 Å². The summed E-state index contributed by atoms with van der Waals surface area (Å²) in [6.45, 7) is 0.727. The van der Waals surface area contributed by atoms with E-state index in [1.807, 2.05) is 12.4 Å². The third-order valence-corrected chi connectivity index (χ3v) is 4.14. The molecule has 1 fully saturated rings. The highest BCUT2D eigenvalue weighted by atomic mass is 32.1. The summed E-state index contributed by atoms with van der Waals surface area (Å²) in [5.74, 6) is 0.734. The number of nitrogens with zero attached hydrogens (tertiary/aromatic N) is 3. The normalized spacial score (nSPS) is 16.3. The number of aromatic nitrogens is 3. The predicted octanol–water partition coefficient (Wildman–Crippen LogP) is 2.18. The molecule has 0 amide bonds. The summed E-state index contributed by atoms with van der Waals surface area (Å²) in [7, 11) is 1.61. The smallest absolute Gasteiger partial charge is 0.293 e. The van der Waals surface area contributed by atoms with E-state index in [1.54, 1.807) is 7.11 Å². The third-order valence-electron chi connectivity index (χ3n) is 3.25. The first kappa shape index (κ1) is 12.5. The Morgan fingerprint density at radius 3 is 2.79 bits per heavy atom. The molecule has 5 nitrogen and oxygen atoms in total. The number of hydrogen-bond donors (Lipinski definition) is 1. The van der Waals surface area contributed by atoms with Crippen LogP contribution in [0, 0.1) is 5.92 Å². The second-order valence-electron chi connectivity index (χ2n) is 4.64.